The van der Waals surface area contributed by atoms with E-state index in [1.54, 1.807) is 11.8 Å². The number of amides is 1. The largest absolute Gasteiger partial charge is 0.312 e. The van der Waals surface area contributed by atoms with Crippen molar-refractivity contribution in [1.29, 1.82) is 0 Å². The molecule has 0 bridgehead atoms. The Hall–Kier alpha value is -2.09. The van der Waals surface area contributed by atoms with Crippen LogP contribution in [0.3, 0.4) is 0 Å². The molecule has 1 saturated heterocycles. The van der Waals surface area contributed by atoms with Crippen molar-refractivity contribution >= 4 is 22.6 Å². The number of carbonyl (C=O) groups excluding carboxylic acids is 1. The number of halogens is 1. The van der Waals surface area contributed by atoms with Crippen molar-refractivity contribution in [2.75, 3.05) is 44.2 Å². The summed E-state index contributed by atoms with van der Waals surface area (Å²) in [6.07, 6.45) is 1.71. The number of carbonyl (C=O) groups is 1. The predicted octanol–water partition coefficient (Wildman–Crippen LogP) is 2.62. The summed E-state index contributed by atoms with van der Waals surface area (Å²) < 4.78 is 28.1. The van der Waals surface area contributed by atoms with E-state index in [9.17, 15) is 13.4 Å². The van der Waals surface area contributed by atoms with Gasteiger partial charge in [-0.05, 0) is 54.3 Å². The first-order valence-corrected chi connectivity index (χ1v) is 11.2. The maximum atomic E-state index is 13.0. The second-order valence-electron chi connectivity index (χ2n) is 7.61. The van der Waals surface area contributed by atoms with Crippen LogP contribution in [0.5, 0.6) is 0 Å². The van der Waals surface area contributed by atoms with Crippen molar-refractivity contribution in [3.05, 3.63) is 59.4 Å². The van der Waals surface area contributed by atoms with Crippen LogP contribution in [0, 0.1) is 5.82 Å². The fourth-order valence-corrected chi connectivity index (χ4v) is 5.24. The molecular weight excluding hydrogens is 389 g/mol. The summed E-state index contributed by atoms with van der Waals surface area (Å²) in [5.74, 6) is -0.153. The fraction of sp³-hybridized carbons (Fsp3) is 0.409. The van der Waals surface area contributed by atoms with Gasteiger partial charge in [-0.25, -0.2) is 12.9 Å². The highest BCUT2D eigenvalue weighted by Crippen LogP contribution is 2.30. The number of piperazine rings is 1. The molecular formula is C22H26FN3O2S. The van der Waals surface area contributed by atoms with E-state index in [4.69, 9.17) is 0 Å². The Kier molecular flexibility index (Phi) is 6.08. The molecule has 1 atom stereocenters. The fourth-order valence-electron chi connectivity index (χ4n) is 4.02. The van der Waals surface area contributed by atoms with Crippen LogP contribution < -0.4 is 4.90 Å². The summed E-state index contributed by atoms with van der Waals surface area (Å²) in [5.41, 5.74) is 3.18. The standard InChI is InChI=1S/C22H26FN3O2S/c1-17(27)26-11-9-19-16-21(6-7-22(19)26)29(28)25-14-12-24(13-15-25)10-8-18-2-4-20(23)5-3-18/h2-7,16H,8-15H2,1H3. The van der Waals surface area contributed by atoms with E-state index in [-0.39, 0.29) is 11.7 Å². The highest BCUT2D eigenvalue weighted by Gasteiger charge is 2.26. The van der Waals surface area contributed by atoms with Gasteiger partial charge < -0.3 is 9.80 Å². The molecule has 1 fully saturated rings. The van der Waals surface area contributed by atoms with Crippen LogP contribution >= 0.6 is 0 Å². The van der Waals surface area contributed by atoms with Crippen molar-refractivity contribution < 1.29 is 13.4 Å². The third kappa shape index (κ3) is 4.57. The Labute approximate surface area is 173 Å². The van der Waals surface area contributed by atoms with Crippen molar-refractivity contribution in [3.63, 3.8) is 0 Å². The predicted molar refractivity (Wildman–Crippen MR) is 113 cm³/mol. The quantitative estimate of drug-likeness (QED) is 0.754. The second kappa shape index (κ2) is 8.73. The summed E-state index contributed by atoms with van der Waals surface area (Å²) in [5, 5.41) is 0. The van der Waals surface area contributed by atoms with E-state index in [1.165, 1.54) is 12.1 Å². The van der Waals surface area contributed by atoms with Gasteiger partial charge in [0.2, 0.25) is 5.91 Å². The van der Waals surface area contributed by atoms with Crippen LogP contribution in [0.4, 0.5) is 10.1 Å². The van der Waals surface area contributed by atoms with Gasteiger partial charge in [-0.2, -0.15) is 0 Å². The maximum Gasteiger partial charge on any atom is 0.223 e. The van der Waals surface area contributed by atoms with Gasteiger partial charge in [-0.1, -0.05) is 12.1 Å². The molecule has 0 N–H and O–H groups in total. The lowest BCUT2D eigenvalue weighted by Gasteiger charge is -2.33. The molecule has 0 saturated carbocycles. The number of rotatable bonds is 5. The first kappa shape index (κ1) is 20.2. The van der Waals surface area contributed by atoms with E-state index in [2.05, 4.69) is 4.90 Å². The first-order valence-electron chi connectivity index (χ1n) is 10.1. The summed E-state index contributed by atoms with van der Waals surface area (Å²) in [6.45, 7) is 6.46. The molecule has 2 aliphatic rings. The molecule has 0 aromatic heterocycles. The molecule has 154 valence electrons. The third-order valence-electron chi connectivity index (χ3n) is 5.72. The number of nitrogens with zero attached hydrogens (tertiary/aromatic N) is 3. The van der Waals surface area contributed by atoms with E-state index in [0.717, 1.165) is 67.3 Å². The number of fused-ring (bicyclic) bond motifs is 1. The summed E-state index contributed by atoms with van der Waals surface area (Å²) >= 11 is 0. The van der Waals surface area contributed by atoms with Crippen LogP contribution in [0.15, 0.2) is 47.4 Å². The number of anilines is 1. The zero-order valence-electron chi connectivity index (χ0n) is 16.6. The number of benzene rings is 2. The topological polar surface area (TPSA) is 43.9 Å². The summed E-state index contributed by atoms with van der Waals surface area (Å²) in [7, 11) is -1.18. The lowest BCUT2D eigenvalue weighted by atomic mass is 10.1. The van der Waals surface area contributed by atoms with Crippen LogP contribution in [0.1, 0.15) is 18.1 Å². The maximum absolute atomic E-state index is 13.0. The Morgan fingerprint density at radius 1 is 1.03 bits per heavy atom. The van der Waals surface area contributed by atoms with E-state index in [0.29, 0.717) is 6.54 Å². The minimum Gasteiger partial charge on any atom is -0.312 e. The average Bonchev–Trinajstić information content (AvgIpc) is 3.17. The molecule has 0 spiro atoms. The molecule has 2 aromatic carbocycles. The van der Waals surface area contributed by atoms with Crippen LogP contribution in [-0.4, -0.2) is 58.6 Å². The average molecular weight is 416 g/mol. The summed E-state index contributed by atoms with van der Waals surface area (Å²) in [4.78, 5) is 16.7. The molecule has 7 heteroatoms. The number of hydrogen-bond acceptors (Lipinski definition) is 3. The molecule has 2 aliphatic heterocycles. The smallest absolute Gasteiger partial charge is 0.223 e. The molecule has 1 unspecified atom stereocenters. The van der Waals surface area contributed by atoms with E-state index < -0.39 is 11.0 Å². The minimum absolute atomic E-state index is 0.0504. The zero-order chi connectivity index (χ0) is 20.4. The Morgan fingerprint density at radius 3 is 2.45 bits per heavy atom. The molecule has 0 aliphatic carbocycles. The van der Waals surface area contributed by atoms with Gasteiger partial charge in [0.25, 0.3) is 0 Å². The third-order valence-corrected chi connectivity index (χ3v) is 7.22. The molecule has 1 amide bonds. The molecule has 2 heterocycles. The second-order valence-corrected chi connectivity index (χ2v) is 9.09. The number of hydrogen-bond donors (Lipinski definition) is 0. The van der Waals surface area contributed by atoms with Crippen molar-refractivity contribution in [2.45, 2.75) is 24.7 Å². The highest BCUT2D eigenvalue weighted by molar-refractivity contribution is 7.82. The highest BCUT2D eigenvalue weighted by atomic mass is 32.2. The molecule has 5 nitrogen and oxygen atoms in total. The van der Waals surface area contributed by atoms with Crippen LogP contribution in [-0.2, 0) is 28.6 Å². The van der Waals surface area contributed by atoms with Gasteiger partial charge >= 0.3 is 0 Å². The first-order chi connectivity index (χ1) is 14.0. The van der Waals surface area contributed by atoms with Gasteiger partial charge in [0.05, 0.1) is 4.90 Å². The molecule has 2 aromatic rings. The Balaban J connectivity index is 1.31. The van der Waals surface area contributed by atoms with Gasteiger partial charge in [0.1, 0.15) is 16.8 Å². The normalized spacial score (nSPS) is 18.6. The summed E-state index contributed by atoms with van der Waals surface area (Å²) in [6, 6.07) is 12.5. The Morgan fingerprint density at radius 2 is 1.76 bits per heavy atom. The van der Waals surface area contributed by atoms with E-state index >= 15 is 0 Å². The van der Waals surface area contributed by atoms with Crippen molar-refractivity contribution in [1.82, 2.24) is 9.21 Å². The lowest BCUT2D eigenvalue weighted by Crippen LogP contribution is -2.47. The monoisotopic (exact) mass is 415 g/mol. The van der Waals surface area contributed by atoms with Gasteiger partial charge in [-0.15, -0.1) is 0 Å². The molecule has 29 heavy (non-hydrogen) atoms. The SMILES string of the molecule is CC(=O)N1CCc2cc(S(=O)N3CCN(CCc4ccc(F)cc4)CC3)ccc21. The van der Waals surface area contributed by atoms with Crippen LogP contribution in [0.2, 0.25) is 0 Å². The molecule has 4 rings (SSSR count). The van der Waals surface area contributed by atoms with E-state index in [1.807, 2.05) is 34.6 Å². The van der Waals surface area contributed by atoms with Crippen LogP contribution in [0.25, 0.3) is 0 Å². The zero-order valence-corrected chi connectivity index (χ0v) is 17.5. The minimum atomic E-state index is -1.18. The van der Waals surface area contributed by atoms with Crippen molar-refractivity contribution in [3.8, 4) is 0 Å². The van der Waals surface area contributed by atoms with Gasteiger partial charge in [0.15, 0.2) is 0 Å². The molecule has 0 radical (unpaired) electrons. The van der Waals surface area contributed by atoms with Gasteiger partial charge in [0, 0.05) is 51.9 Å². The van der Waals surface area contributed by atoms with Crippen molar-refractivity contribution in [2.24, 2.45) is 0 Å². The van der Waals surface area contributed by atoms with Gasteiger partial charge in [-0.3, -0.25) is 4.79 Å². The lowest BCUT2D eigenvalue weighted by molar-refractivity contribution is -0.116. The Bertz CT molecular complexity index is 911.